The van der Waals surface area contributed by atoms with Crippen molar-refractivity contribution in [3.63, 3.8) is 0 Å². The van der Waals surface area contributed by atoms with Crippen molar-refractivity contribution >= 4 is 5.91 Å². The number of pyridine rings is 1. The molecule has 0 radical (unpaired) electrons. The smallest absolute Gasteiger partial charge is 0.272 e. The van der Waals surface area contributed by atoms with E-state index < -0.39 is 25.0 Å². The molecule has 7 heteroatoms. The summed E-state index contributed by atoms with van der Waals surface area (Å²) in [6, 6.07) is 12.7. The molecule has 0 aliphatic carbocycles. The van der Waals surface area contributed by atoms with Crippen LogP contribution in [0.5, 0.6) is 5.88 Å². The molecule has 2 aromatic rings. The zero-order valence-electron chi connectivity index (χ0n) is 12.2. The van der Waals surface area contributed by atoms with Gasteiger partial charge in [0.25, 0.3) is 12.3 Å². The van der Waals surface area contributed by atoms with Crippen molar-refractivity contribution in [3.05, 3.63) is 59.8 Å². The maximum Gasteiger partial charge on any atom is 0.272 e. The summed E-state index contributed by atoms with van der Waals surface area (Å²) in [6.45, 7) is -1.07. The Kier molecular flexibility index (Phi) is 5.99. The number of ether oxygens (including phenoxy) is 1. The first-order chi connectivity index (χ1) is 11.1. The summed E-state index contributed by atoms with van der Waals surface area (Å²) in [5.74, 6) is -0.589. The average Bonchev–Trinajstić information content (AvgIpc) is 2.58. The number of hydrogen-bond acceptors (Lipinski definition) is 4. The molecule has 0 saturated carbocycles. The summed E-state index contributed by atoms with van der Waals surface area (Å²) < 4.78 is 29.0. The molecular formula is C16H16F2N2O3. The van der Waals surface area contributed by atoms with Crippen LogP contribution in [0.1, 0.15) is 22.1 Å². The summed E-state index contributed by atoms with van der Waals surface area (Å²) >= 11 is 0. The minimum atomic E-state index is -2.62. The Balaban J connectivity index is 2.06. The largest absolute Gasteiger partial charge is 0.472 e. The van der Waals surface area contributed by atoms with Gasteiger partial charge >= 0.3 is 0 Å². The molecule has 2 N–H and O–H groups in total. The fraction of sp³-hybridized carbons (Fsp3) is 0.250. The first-order valence-electron chi connectivity index (χ1n) is 6.95. The fourth-order valence-corrected chi connectivity index (χ4v) is 1.92. The van der Waals surface area contributed by atoms with Gasteiger partial charge in [-0.25, -0.2) is 13.8 Å². The lowest BCUT2D eigenvalue weighted by molar-refractivity contribution is 0.0791. The van der Waals surface area contributed by atoms with Crippen molar-refractivity contribution in [1.29, 1.82) is 0 Å². The SMILES string of the molecule is O=C(NC(CO)c1ccccc1)c1cccc(OCC(F)F)n1. The van der Waals surface area contributed by atoms with Gasteiger partial charge in [-0.15, -0.1) is 0 Å². The predicted octanol–water partition coefficient (Wildman–Crippen LogP) is 2.19. The third kappa shape index (κ3) is 5.00. The molecule has 0 aliphatic rings. The molecule has 0 spiro atoms. The number of halogens is 2. The quantitative estimate of drug-likeness (QED) is 0.820. The molecule has 0 bridgehead atoms. The highest BCUT2D eigenvalue weighted by Gasteiger charge is 2.16. The zero-order chi connectivity index (χ0) is 16.7. The third-order valence-corrected chi connectivity index (χ3v) is 3.00. The number of aromatic nitrogens is 1. The van der Waals surface area contributed by atoms with Crippen molar-refractivity contribution in [1.82, 2.24) is 10.3 Å². The van der Waals surface area contributed by atoms with Crippen molar-refractivity contribution in [3.8, 4) is 5.88 Å². The zero-order valence-corrected chi connectivity index (χ0v) is 12.2. The fourth-order valence-electron chi connectivity index (χ4n) is 1.92. The maximum atomic E-state index is 12.2. The molecule has 1 atom stereocenters. The van der Waals surface area contributed by atoms with Crippen LogP contribution < -0.4 is 10.1 Å². The maximum absolute atomic E-state index is 12.2. The molecule has 0 fully saturated rings. The second kappa shape index (κ2) is 8.19. The van der Waals surface area contributed by atoms with Gasteiger partial charge in [0.2, 0.25) is 5.88 Å². The topological polar surface area (TPSA) is 71.5 Å². The molecule has 122 valence electrons. The summed E-state index contributed by atoms with van der Waals surface area (Å²) in [5.41, 5.74) is 0.764. The van der Waals surface area contributed by atoms with Crippen LogP contribution in [0, 0.1) is 0 Å². The van der Waals surface area contributed by atoms with Crippen LogP contribution in [-0.2, 0) is 0 Å². The first-order valence-corrected chi connectivity index (χ1v) is 6.95. The van der Waals surface area contributed by atoms with Crippen LogP contribution in [0.4, 0.5) is 8.78 Å². The lowest BCUT2D eigenvalue weighted by Gasteiger charge is -2.16. The van der Waals surface area contributed by atoms with Crippen LogP contribution in [-0.4, -0.2) is 35.6 Å². The van der Waals surface area contributed by atoms with Gasteiger partial charge < -0.3 is 15.2 Å². The number of benzene rings is 1. The molecule has 1 heterocycles. The molecule has 0 saturated heterocycles. The van der Waals surface area contributed by atoms with E-state index >= 15 is 0 Å². The average molecular weight is 322 g/mol. The number of aliphatic hydroxyl groups excluding tert-OH is 1. The number of amides is 1. The normalized spacial score (nSPS) is 12.0. The van der Waals surface area contributed by atoms with E-state index in [1.165, 1.54) is 18.2 Å². The van der Waals surface area contributed by atoms with Gasteiger partial charge in [0, 0.05) is 6.07 Å². The molecule has 23 heavy (non-hydrogen) atoms. The first kappa shape index (κ1) is 16.8. The van der Waals surface area contributed by atoms with Gasteiger partial charge in [0.05, 0.1) is 12.6 Å². The number of carbonyl (C=O) groups is 1. The summed E-state index contributed by atoms with van der Waals surface area (Å²) in [4.78, 5) is 16.1. The summed E-state index contributed by atoms with van der Waals surface area (Å²) in [5, 5.41) is 12.1. The molecule has 1 aromatic heterocycles. The van der Waals surface area contributed by atoms with Crippen LogP contribution in [0.25, 0.3) is 0 Å². The standard InChI is InChI=1S/C16H16F2N2O3/c17-14(18)10-23-15-8-4-7-12(19-15)16(22)20-13(9-21)11-5-2-1-3-6-11/h1-8,13-14,21H,9-10H2,(H,20,22). The molecular weight excluding hydrogens is 306 g/mol. The van der Waals surface area contributed by atoms with Crippen LogP contribution in [0.2, 0.25) is 0 Å². The van der Waals surface area contributed by atoms with Crippen molar-refractivity contribution in [2.75, 3.05) is 13.2 Å². The molecule has 0 aliphatic heterocycles. The Morgan fingerprint density at radius 1 is 1.17 bits per heavy atom. The number of nitrogens with zero attached hydrogens (tertiary/aromatic N) is 1. The molecule has 1 amide bonds. The Morgan fingerprint density at radius 3 is 2.57 bits per heavy atom. The van der Waals surface area contributed by atoms with Gasteiger partial charge in [-0.05, 0) is 11.6 Å². The number of hydrogen-bond donors (Lipinski definition) is 2. The van der Waals surface area contributed by atoms with E-state index in [9.17, 15) is 18.7 Å². The van der Waals surface area contributed by atoms with Gasteiger partial charge in [0.15, 0.2) is 6.61 Å². The van der Waals surface area contributed by atoms with E-state index in [0.717, 1.165) is 5.56 Å². The lowest BCUT2D eigenvalue weighted by atomic mass is 10.1. The van der Waals surface area contributed by atoms with Crippen molar-refractivity contribution in [2.24, 2.45) is 0 Å². The minimum Gasteiger partial charge on any atom is -0.472 e. The Morgan fingerprint density at radius 2 is 1.91 bits per heavy atom. The lowest BCUT2D eigenvalue weighted by Crippen LogP contribution is -2.31. The Bertz CT molecular complexity index is 638. The van der Waals surface area contributed by atoms with Crippen LogP contribution in [0.3, 0.4) is 0 Å². The Labute approximate surface area is 131 Å². The van der Waals surface area contributed by atoms with Crippen molar-refractivity contribution < 1.29 is 23.4 Å². The van der Waals surface area contributed by atoms with E-state index in [2.05, 4.69) is 10.3 Å². The van der Waals surface area contributed by atoms with E-state index in [0.29, 0.717) is 0 Å². The van der Waals surface area contributed by atoms with Crippen LogP contribution >= 0.6 is 0 Å². The highest BCUT2D eigenvalue weighted by atomic mass is 19.3. The van der Waals surface area contributed by atoms with E-state index in [1.54, 1.807) is 24.3 Å². The second-order valence-corrected chi connectivity index (χ2v) is 4.68. The molecule has 2 rings (SSSR count). The minimum absolute atomic E-state index is 0.0196. The molecule has 5 nitrogen and oxygen atoms in total. The predicted molar refractivity (Wildman–Crippen MR) is 79.5 cm³/mol. The van der Waals surface area contributed by atoms with E-state index in [1.807, 2.05) is 6.07 Å². The van der Waals surface area contributed by atoms with E-state index in [4.69, 9.17) is 4.74 Å². The summed E-state index contributed by atoms with van der Waals surface area (Å²) in [7, 11) is 0. The van der Waals surface area contributed by atoms with Gasteiger partial charge in [-0.2, -0.15) is 0 Å². The number of nitrogens with one attached hydrogen (secondary N) is 1. The monoisotopic (exact) mass is 322 g/mol. The highest BCUT2D eigenvalue weighted by molar-refractivity contribution is 5.92. The number of alkyl halides is 2. The third-order valence-electron chi connectivity index (χ3n) is 3.00. The number of aliphatic hydroxyl groups is 1. The molecule has 1 aromatic carbocycles. The number of carbonyl (C=O) groups excluding carboxylic acids is 1. The van der Waals surface area contributed by atoms with Gasteiger partial charge in [0.1, 0.15) is 5.69 Å². The second-order valence-electron chi connectivity index (χ2n) is 4.68. The Hall–Kier alpha value is -2.54. The van der Waals surface area contributed by atoms with E-state index in [-0.39, 0.29) is 18.2 Å². The highest BCUT2D eigenvalue weighted by Crippen LogP contribution is 2.14. The van der Waals surface area contributed by atoms with Crippen LogP contribution in [0.15, 0.2) is 48.5 Å². The summed E-state index contributed by atoms with van der Waals surface area (Å²) in [6.07, 6.45) is -2.62. The van der Waals surface area contributed by atoms with Crippen molar-refractivity contribution in [2.45, 2.75) is 12.5 Å². The molecule has 1 unspecified atom stereocenters. The van der Waals surface area contributed by atoms with Gasteiger partial charge in [-0.1, -0.05) is 36.4 Å². The van der Waals surface area contributed by atoms with Gasteiger partial charge in [-0.3, -0.25) is 4.79 Å². The number of rotatable bonds is 7.